The number of imide groups is 1. The molecule has 0 spiro atoms. The van der Waals surface area contributed by atoms with Crippen molar-refractivity contribution in [3.63, 3.8) is 0 Å². The maximum atomic E-state index is 15.4. The largest absolute Gasteiger partial charge is 0.506 e. The Morgan fingerprint density at radius 1 is 1.06 bits per heavy atom. The van der Waals surface area contributed by atoms with Gasteiger partial charge in [0.05, 0.1) is 23.1 Å². The topological polar surface area (TPSA) is 212 Å². The summed E-state index contributed by atoms with van der Waals surface area (Å²) < 4.78 is 45.0. The van der Waals surface area contributed by atoms with E-state index in [-0.39, 0.29) is 60.2 Å². The van der Waals surface area contributed by atoms with Gasteiger partial charge in [-0.25, -0.2) is 18.2 Å². The van der Waals surface area contributed by atoms with E-state index in [1.807, 2.05) is 19.1 Å². The molecule has 3 aromatic carbocycles. The summed E-state index contributed by atoms with van der Waals surface area (Å²) >= 11 is 0. The summed E-state index contributed by atoms with van der Waals surface area (Å²) in [5.74, 6) is -4.03. The van der Waals surface area contributed by atoms with Gasteiger partial charge in [-0.15, -0.1) is 0 Å². The molecule has 268 valence electrons. The second-order valence-corrected chi connectivity index (χ2v) is 14.9. The maximum absolute atomic E-state index is 15.4. The number of benzene rings is 3. The number of imidazole rings is 1. The third-order valence-electron chi connectivity index (χ3n) is 9.84. The number of amides is 4. The van der Waals surface area contributed by atoms with Crippen LogP contribution in [-0.2, 0) is 36.4 Å². The zero-order chi connectivity index (χ0) is 36.6. The molecule has 1 atom stereocenters. The standard InChI is InChI=1S/C33H34FN7O9S/c1-17-11-24-23(38(2)32(47)41(24)21-5-6-26(43)36-31(21)46)14-22(17)39-9-7-33(48,8-10-39)15-27(44)35-19-3-4-20-18(12-19)13-25(42)30(29(20)34)40-16-28(45)37-51(40,49)50/h3-4,11-14,21,42,48H,5-10,15-16H2,1-2H3,(H,35,44)(H,37,45)(H,36,43,46). The van der Waals surface area contributed by atoms with E-state index in [2.05, 4.69) is 15.5 Å². The number of halogens is 1. The highest BCUT2D eigenvalue weighted by molar-refractivity contribution is 7.92. The molecular weight excluding hydrogens is 689 g/mol. The van der Waals surface area contributed by atoms with Crippen molar-refractivity contribution in [1.29, 1.82) is 0 Å². The van der Waals surface area contributed by atoms with E-state index in [0.717, 1.165) is 17.3 Å². The molecule has 0 saturated carbocycles. The molecule has 3 aliphatic rings. The second-order valence-electron chi connectivity index (χ2n) is 13.3. The number of hydrogen-bond donors (Lipinski definition) is 5. The highest BCUT2D eigenvalue weighted by Crippen LogP contribution is 2.39. The quantitative estimate of drug-likeness (QED) is 0.179. The number of carbonyl (C=O) groups is 4. The van der Waals surface area contributed by atoms with Crippen LogP contribution in [0.3, 0.4) is 0 Å². The van der Waals surface area contributed by atoms with Crippen molar-refractivity contribution in [2.45, 2.75) is 50.7 Å². The summed E-state index contributed by atoms with van der Waals surface area (Å²) in [4.78, 5) is 64.3. The number of phenolic OH excluding ortho intramolecular Hbond substituents is 1. The van der Waals surface area contributed by atoms with E-state index >= 15 is 4.39 Å². The lowest BCUT2D eigenvalue weighted by molar-refractivity contribution is -0.135. The van der Waals surface area contributed by atoms with Crippen molar-refractivity contribution in [2.75, 3.05) is 34.2 Å². The molecule has 7 rings (SSSR count). The van der Waals surface area contributed by atoms with Gasteiger partial charge in [-0.3, -0.25) is 33.6 Å². The van der Waals surface area contributed by atoms with Crippen LogP contribution in [0.2, 0.25) is 0 Å². The number of aliphatic hydroxyl groups is 1. The van der Waals surface area contributed by atoms with Crippen LogP contribution in [-0.4, -0.2) is 76.6 Å². The smallest absolute Gasteiger partial charge is 0.329 e. The van der Waals surface area contributed by atoms with Gasteiger partial charge in [0.25, 0.3) is 5.91 Å². The molecular formula is C33H34FN7O9S. The highest BCUT2D eigenvalue weighted by atomic mass is 32.2. The molecule has 3 aliphatic heterocycles. The van der Waals surface area contributed by atoms with Crippen LogP contribution in [0.5, 0.6) is 5.75 Å². The van der Waals surface area contributed by atoms with Crippen molar-refractivity contribution in [1.82, 2.24) is 19.2 Å². The predicted molar refractivity (Wildman–Crippen MR) is 183 cm³/mol. The Morgan fingerprint density at radius 3 is 2.45 bits per heavy atom. The van der Waals surface area contributed by atoms with Crippen LogP contribution in [0.4, 0.5) is 21.5 Å². The molecule has 3 saturated heterocycles. The summed E-state index contributed by atoms with van der Waals surface area (Å²) in [5.41, 5.74) is 0.743. The van der Waals surface area contributed by atoms with E-state index in [1.165, 1.54) is 27.3 Å². The molecule has 4 amide bonds. The van der Waals surface area contributed by atoms with Gasteiger partial charge >= 0.3 is 15.9 Å². The number of hydrogen-bond acceptors (Lipinski definition) is 10. The number of phenols is 1. The first-order chi connectivity index (χ1) is 24.0. The fourth-order valence-electron chi connectivity index (χ4n) is 7.21. The second kappa shape index (κ2) is 12.1. The van der Waals surface area contributed by atoms with Crippen molar-refractivity contribution in [3.8, 4) is 5.75 Å². The summed E-state index contributed by atoms with van der Waals surface area (Å²) in [6.07, 6.45) is 0.639. The summed E-state index contributed by atoms with van der Waals surface area (Å²) in [6.45, 7) is 2.01. The number of rotatable bonds is 6. The Balaban J connectivity index is 1.03. The minimum absolute atomic E-state index is 0.0533. The fourth-order valence-corrected chi connectivity index (χ4v) is 8.38. The van der Waals surface area contributed by atoms with E-state index < -0.39 is 63.4 Å². The highest BCUT2D eigenvalue weighted by Gasteiger charge is 2.39. The number of aromatic nitrogens is 2. The Hall–Kier alpha value is -5.49. The summed E-state index contributed by atoms with van der Waals surface area (Å²) in [6, 6.07) is 8.14. The molecule has 4 aromatic rings. The number of aromatic hydroxyl groups is 1. The lowest BCUT2D eigenvalue weighted by atomic mass is 9.87. The van der Waals surface area contributed by atoms with Crippen LogP contribution in [0, 0.1) is 12.7 Å². The third-order valence-corrected chi connectivity index (χ3v) is 11.2. The zero-order valence-corrected chi connectivity index (χ0v) is 28.3. The van der Waals surface area contributed by atoms with Crippen molar-refractivity contribution >= 4 is 72.7 Å². The molecule has 0 bridgehead atoms. The molecule has 1 unspecified atom stereocenters. The van der Waals surface area contributed by atoms with Crippen LogP contribution < -0.4 is 30.3 Å². The van der Waals surface area contributed by atoms with Crippen LogP contribution >= 0.6 is 0 Å². The molecule has 16 nitrogen and oxygen atoms in total. The van der Waals surface area contributed by atoms with Crippen molar-refractivity contribution in [3.05, 3.63) is 58.3 Å². The number of aryl methyl sites for hydroxylation is 2. The normalized spacial score (nSPS) is 20.2. The SMILES string of the molecule is Cc1cc2c(cc1N1CCC(O)(CC(=O)Nc3ccc4c(F)c(N5CC(=O)NS5(=O)=O)c(O)cc4c3)CC1)n(C)c(=O)n2C1CCC(=O)NC1=O. The minimum atomic E-state index is -4.37. The van der Waals surface area contributed by atoms with Gasteiger partial charge in [0, 0.05) is 43.3 Å². The average Bonchev–Trinajstić information content (AvgIpc) is 3.45. The maximum Gasteiger partial charge on any atom is 0.329 e. The van der Waals surface area contributed by atoms with Gasteiger partial charge < -0.3 is 20.4 Å². The molecule has 5 N–H and O–H groups in total. The molecule has 3 fully saturated rings. The van der Waals surface area contributed by atoms with Gasteiger partial charge in [0.15, 0.2) is 5.82 Å². The lowest BCUT2D eigenvalue weighted by Gasteiger charge is -2.39. The molecule has 18 heteroatoms. The number of carbonyl (C=O) groups excluding carboxylic acids is 4. The van der Waals surface area contributed by atoms with Gasteiger partial charge in [0.1, 0.15) is 24.0 Å². The zero-order valence-electron chi connectivity index (χ0n) is 27.5. The Kier molecular flexibility index (Phi) is 8.05. The van der Waals surface area contributed by atoms with E-state index in [4.69, 9.17) is 0 Å². The molecule has 0 radical (unpaired) electrons. The third kappa shape index (κ3) is 5.93. The lowest BCUT2D eigenvalue weighted by Crippen LogP contribution is -2.46. The van der Waals surface area contributed by atoms with E-state index in [0.29, 0.717) is 28.4 Å². The van der Waals surface area contributed by atoms with Crippen molar-refractivity contribution in [2.24, 2.45) is 7.05 Å². The number of nitrogens with zero attached hydrogens (tertiary/aromatic N) is 4. The summed E-state index contributed by atoms with van der Waals surface area (Å²) in [5, 5.41) is 27.0. The van der Waals surface area contributed by atoms with E-state index in [9.17, 15) is 42.6 Å². The number of piperidine rings is 2. The first-order valence-corrected chi connectivity index (χ1v) is 17.6. The first kappa shape index (κ1) is 34.0. The van der Waals surface area contributed by atoms with Gasteiger partial charge in [-0.2, -0.15) is 8.42 Å². The Bertz CT molecular complexity index is 2360. The monoisotopic (exact) mass is 723 g/mol. The predicted octanol–water partition coefficient (Wildman–Crippen LogP) is 1.17. The number of fused-ring (bicyclic) bond motifs is 2. The molecule has 1 aromatic heterocycles. The van der Waals surface area contributed by atoms with Gasteiger partial charge in [-0.05, 0) is 73.5 Å². The summed E-state index contributed by atoms with van der Waals surface area (Å²) in [7, 11) is -2.75. The van der Waals surface area contributed by atoms with Crippen LogP contribution in [0.15, 0.2) is 41.2 Å². The van der Waals surface area contributed by atoms with Gasteiger partial charge in [-0.1, -0.05) is 0 Å². The van der Waals surface area contributed by atoms with Crippen LogP contribution in [0.25, 0.3) is 21.8 Å². The average molecular weight is 724 g/mol. The number of anilines is 3. The molecule has 51 heavy (non-hydrogen) atoms. The first-order valence-electron chi connectivity index (χ1n) is 16.2. The van der Waals surface area contributed by atoms with Crippen molar-refractivity contribution < 1.29 is 42.2 Å². The Morgan fingerprint density at radius 2 is 1.78 bits per heavy atom. The van der Waals surface area contributed by atoms with E-state index in [1.54, 1.807) is 11.8 Å². The minimum Gasteiger partial charge on any atom is -0.506 e. The molecule has 4 heterocycles. The Labute approximate surface area is 289 Å². The molecule has 0 aliphatic carbocycles. The number of nitrogens with one attached hydrogen (secondary N) is 3. The fraction of sp³-hybridized carbons (Fsp3) is 0.364. The van der Waals surface area contributed by atoms with Crippen LogP contribution in [0.1, 0.15) is 43.7 Å². The van der Waals surface area contributed by atoms with Gasteiger partial charge in [0.2, 0.25) is 17.7 Å².